The van der Waals surface area contributed by atoms with Crippen molar-refractivity contribution in [2.75, 3.05) is 32.4 Å². The Morgan fingerprint density at radius 3 is 2.03 bits per heavy atom. The van der Waals surface area contributed by atoms with E-state index in [1.165, 1.54) is 27.1 Å². The van der Waals surface area contributed by atoms with E-state index in [0.717, 1.165) is 31.7 Å². The summed E-state index contributed by atoms with van der Waals surface area (Å²) >= 11 is 1.77. The summed E-state index contributed by atoms with van der Waals surface area (Å²) < 4.78 is 0. The van der Waals surface area contributed by atoms with Crippen LogP contribution in [-0.4, -0.2) is 43.7 Å². The Morgan fingerprint density at radius 1 is 0.862 bits per heavy atom. The van der Waals surface area contributed by atoms with Crippen LogP contribution in [0, 0.1) is 0 Å². The Hall–Kier alpha value is -2.56. The molecule has 3 nitrogen and oxygen atoms in total. The number of thioether (sulfide) groups is 1. The molecule has 1 aliphatic heterocycles. The lowest BCUT2D eigenvalue weighted by atomic mass is 10.0. The molecular formula is C25H26N3S+. The van der Waals surface area contributed by atoms with E-state index in [9.17, 15) is 0 Å². The normalized spacial score (nSPS) is 16.9. The zero-order chi connectivity index (χ0) is 19.6. The Balaban J connectivity index is 1.29. The standard InChI is InChI=1S/C25H25N3S/c1-29-20-12-10-19(11-13-20)18-26-28-16-14-27(15-17-28)25-23-8-4-2-6-21(23)22-7-3-5-9-24(22)25/h2-13,18,25H,14-17H2,1H3/p+1/b26-18+. The SMILES string of the molecule is CSc1ccc(/C=N/N2CC[NH+](C3c4ccccc4-c4ccccc43)CC2)cc1. The van der Waals surface area contributed by atoms with E-state index < -0.39 is 0 Å². The molecule has 146 valence electrons. The number of hydrogen-bond donors (Lipinski definition) is 1. The van der Waals surface area contributed by atoms with Crippen molar-refractivity contribution in [3.05, 3.63) is 89.5 Å². The van der Waals surface area contributed by atoms with Gasteiger partial charge in [0, 0.05) is 16.0 Å². The molecule has 0 spiro atoms. The number of hydrazone groups is 1. The van der Waals surface area contributed by atoms with E-state index in [-0.39, 0.29) is 0 Å². The first-order valence-electron chi connectivity index (χ1n) is 10.3. The Morgan fingerprint density at radius 2 is 1.45 bits per heavy atom. The number of nitrogens with one attached hydrogen (secondary N) is 1. The van der Waals surface area contributed by atoms with Crippen molar-refractivity contribution in [1.82, 2.24) is 5.01 Å². The van der Waals surface area contributed by atoms with Crippen LogP contribution in [0.2, 0.25) is 0 Å². The number of nitrogens with zero attached hydrogens (tertiary/aromatic N) is 2. The topological polar surface area (TPSA) is 20.0 Å². The van der Waals surface area contributed by atoms with Crippen molar-refractivity contribution in [2.24, 2.45) is 5.10 Å². The maximum atomic E-state index is 4.75. The van der Waals surface area contributed by atoms with E-state index >= 15 is 0 Å². The average molecular weight is 401 g/mol. The predicted octanol–water partition coefficient (Wildman–Crippen LogP) is 3.71. The molecular weight excluding hydrogens is 374 g/mol. The second-order valence-electron chi connectivity index (χ2n) is 7.74. The van der Waals surface area contributed by atoms with Crippen LogP contribution in [0.3, 0.4) is 0 Å². The van der Waals surface area contributed by atoms with Gasteiger partial charge in [0.25, 0.3) is 0 Å². The fraction of sp³-hybridized carbons (Fsp3) is 0.240. The number of benzene rings is 3. The fourth-order valence-electron chi connectivity index (χ4n) is 4.62. The highest BCUT2D eigenvalue weighted by molar-refractivity contribution is 7.98. The van der Waals surface area contributed by atoms with Gasteiger partial charge in [-0.25, -0.2) is 0 Å². The molecule has 0 radical (unpaired) electrons. The number of fused-ring (bicyclic) bond motifs is 3. The summed E-state index contributed by atoms with van der Waals surface area (Å²) in [6.07, 6.45) is 4.10. The van der Waals surface area contributed by atoms with Gasteiger partial charge in [-0.15, -0.1) is 11.8 Å². The van der Waals surface area contributed by atoms with Crippen LogP contribution in [0.5, 0.6) is 0 Å². The molecule has 1 aliphatic carbocycles. The largest absolute Gasteiger partial charge is 0.322 e. The van der Waals surface area contributed by atoms with Gasteiger partial charge in [0.15, 0.2) is 0 Å². The van der Waals surface area contributed by atoms with E-state index in [2.05, 4.69) is 84.1 Å². The highest BCUT2D eigenvalue weighted by Gasteiger charge is 2.37. The third kappa shape index (κ3) is 3.59. The first-order valence-corrected chi connectivity index (χ1v) is 11.5. The molecule has 1 fully saturated rings. The van der Waals surface area contributed by atoms with Gasteiger partial charge in [-0.3, -0.25) is 5.01 Å². The second-order valence-corrected chi connectivity index (χ2v) is 8.62. The third-order valence-electron chi connectivity index (χ3n) is 6.11. The number of quaternary nitrogens is 1. The fourth-order valence-corrected chi connectivity index (χ4v) is 5.03. The molecule has 4 heteroatoms. The predicted molar refractivity (Wildman–Crippen MR) is 122 cm³/mol. The highest BCUT2D eigenvalue weighted by Crippen LogP contribution is 2.41. The van der Waals surface area contributed by atoms with Crippen LogP contribution in [0.4, 0.5) is 0 Å². The lowest BCUT2D eigenvalue weighted by Gasteiger charge is -2.34. The van der Waals surface area contributed by atoms with Crippen molar-refractivity contribution in [1.29, 1.82) is 0 Å². The molecule has 1 N–H and O–H groups in total. The van der Waals surface area contributed by atoms with Crippen LogP contribution >= 0.6 is 11.8 Å². The van der Waals surface area contributed by atoms with Crippen molar-refractivity contribution >= 4 is 18.0 Å². The van der Waals surface area contributed by atoms with Crippen LogP contribution in [0.25, 0.3) is 11.1 Å². The third-order valence-corrected chi connectivity index (χ3v) is 6.85. The summed E-state index contributed by atoms with van der Waals surface area (Å²) in [7, 11) is 0. The van der Waals surface area contributed by atoms with Gasteiger partial charge in [0.05, 0.1) is 32.4 Å². The van der Waals surface area contributed by atoms with Crippen molar-refractivity contribution in [2.45, 2.75) is 10.9 Å². The summed E-state index contributed by atoms with van der Waals surface area (Å²) in [5.74, 6) is 0. The highest BCUT2D eigenvalue weighted by atomic mass is 32.2. The van der Waals surface area contributed by atoms with Gasteiger partial charge in [-0.2, -0.15) is 5.10 Å². The molecule has 0 amide bonds. The van der Waals surface area contributed by atoms with E-state index in [1.54, 1.807) is 16.7 Å². The average Bonchev–Trinajstić information content (AvgIpc) is 3.13. The first-order chi connectivity index (χ1) is 14.3. The van der Waals surface area contributed by atoms with Crippen LogP contribution in [0.15, 0.2) is 82.8 Å². The molecule has 5 rings (SSSR count). The van der Waals surface area contributed by atoms with Gasteiger partial charge in [-0.05, 0) is 35.1 Å². The molecule has 0 unspecified atom stereocenters. The molecule has 0 atom stereocenters. The zero-order valence-electron chi connectivity index (χ0n) is 16.7. The summed E-state index contributed by atoms with van der Waals surface area (Å²) in [6, 6.07) is 26.9. The minimum Gasteiger partial charge on any atom is -0.322 e. The van der Waals surface area contributed by atoms with Gasteiger partial charge in [0.2, 0.25) is 0 Å². The summed E-state index contributed by atoms with van der Waals surface area (Å²) in [5.41, 5.74) is 6.95. The quantitative estimate of drug-likeness (QED) is 0.532. The Bertz CT molecular complexity index is 975. The molecule has 29 heavy (non-hydrogen) atoms. The molecule has 1 heterocycles. The van der Waals surface area contributed by atoms with Crippen LogP contribution in [0.1, 0.15) is 22.7 Å². The van der Waals surface area contributed by atoms with Crippen molar-refractivity contribution < 1.29 is 4.90 Å². The lowest BCUT2D eigenvalue weighted by Crippen LogP contribution is -3.14. The second kappa shape index (κ2) is 8.05. The summed E-state index contributed by atoms with van der Waals surface area (Å²) in [5, 5.41) is 6.97. The van der Waals surface area contributed by atoms with Gasteiger partial charge in [0.1, 0.15) is 6.04 Å². The first kappa shape index (κ1) is 18.5. The molecule has 2 aliphatic rings. The molecule has 0 bridgehead atoms. The smallest absolute Gasteiger partial charge is 0.140 e. The van der Waals surface area contributed by atoms with E-state index in [0.29, 0.717) is 6.04 Å². The van der Waals surface area contributed by atoms with Gasteiger partial charge in [-0.1, -0.05) is 60.7 Å². The van der Waals surface area contributed by atoms with Crippen molar-refractivity contribution in [3.8, 4) is 11.1 Å². The molecule has 3 aromatic rings. The van der Waals surface area contributed by atoms with E-state index in [4.69, 9.17) is 5.10 Å². The van der Waals surface area contributed by atoms with E-state index in [1.807, 2.05) is 6.21 Å². The maximum Gasteiger partial charge on any atom is 0.140 e. The van der Waals surface area contributed by atoms with Gasteiger partial charge < -0.3 is 4.90 Å². The number of piperazine rings is 1. The minimum absolute atomic E-state index is 0.451. The molecule has 1 saturated heterocycles. The minimum atomic E-state index is 0.451. The molecule has 0 aromatic heterocycles. The number of rotatable bonds is 4. The zero-order valence-corrected chi connectivity index (χ0v) is 17.5. The Kier molecular flexibility index (Phi) is 5.13. The summed E-state index contributed by atoms with van der Waals surface area (Å²) in [6.45, 7) is 4.21. The van der Waals surface area contributed by atoms with Gasteiger partial charge >= 0.3 is 0 Å². The number of hydrogen-bond acceptors (Lipinski definition) is 3. The van der Waals surface area contributed by atoms with Crippen molar-refractivity contribution in [3.63, 3.8) is 0 Å². The lowest BCUT2D eigenvalue weighted by molar-refractivity contribution is -0.929. The monoisotopic (exact) mass is 400 g/mol. The maximum absolute atomic E-state index is 4.75. The summed E-state index contributed by atoms with van der Waals surface area (Å²) in [4.78, 5) is 2.94. The van der Waals surface area contributed by atoms with Crippen LogP contribution < -0.4 is 4.90 Å². The molecule has 3 aromatic carbocycles. The molecule has 0 saturated carbocycles. The van der Waals surface area contributed by atoms with Crippen LogP contribution in [-0.2, 0) is 0 Å². The Labute approximate surface area is 177 Å².